The molecule has 0 aliphatic rings. The Balaban J connectivity index is 2.60. The number of benzene rings is 1. The molecule has 1 N–H and O–H groups in total. The second-order valence-corrected chi connectivity index (χ2v) is 5.13. The standard InChI is InChI=1S/C14H20ClNO3/c1-9(2)18-8-14(17)16-11-5-6-13(12(15)7-11)19-10(3)4/h5-7,9-10H,8H2,1-4H3,(H,16,17). The first kappa shape index (κ1) is 15.8. The number of hydrogen-bond donors (Lipinski definition) is 1. The minimum absolute atomic E-state index is 0.0242. The number of rotatable bonds is 6. The number of anilines is 1. The van der Waals surface area contributed by atoms with Crippen LogP contribution < -0.4 is 10.1 Å². The van der Waals surface area contributed by atoms with Crippen molar-refractivity contribution in [3.05, 3.63) is 23.2 Å². The molecule has 0 saturated carbocycles. The van der Waals surface area contributed by atoms with Crippen molar-refractivity contribution in [2.45, 2.75) is 39.9 Å². The molecular weight excluding hydrogens is 266 g/mol. The van der Waals surface area contributed by atoms with Crippen LogP contribution in [0, 0.1) is 0 Å². The maximum absolute atomic E-state index is 11.6. The second-order valence-electron chi connectivity index (χ2n) is 4.72. The minimum atomic E-state index is -0.206. The number of carbonyl (C=O) groups excluding carboxylic acids is 1. The number of halogens is 1. The number of carbonyl (C=O) groups is 1. The van der Waals surface area contributed by atoms with E-state index in [1.54, 1.807) is 18.2 Å². The van der Waals surface area contributed by atoms with E-state index in [0.717, 1.165) is 0 Å². The minimum Gasteiger partial charge on any atom is -0.489 e. The van der Waals surface area contributed by atoms with Gasteiger partial charge in [0.1, 0.15) is 12.4 Å². The van der Waals surface area contributed by atoms with Gasteiger partial charge >= 0.3 is 0 Å². The predicted octanol–water partition coefficient (Wildman–Crippen LogP) is 3.49. The lowest BCUT2D eigenvalue weighted by molar-refractivity contribution is -0.121. The first-order chi connectivity index (χ1) is 8.88. The van der Waals surface area contributed by atoms with Crippen LogP contribution in [-0.2, 0) is 9.53 Å². The highest BCUT2D eigenvalue weighted by Crippen LogP contribution is 2.28. The van der Waals surface area contributed by atoms with Crippen LogP contribution >= 0.6 is 11.6 Å². The fourth-order valence-electron chi connectivity index (χ4n) is 1.37. The zero-order valence-electron chi connectivity index (χ0n) is 11.7. The van der Waals surface area contributed by atoms with Gasteiger partial charge in [-0.1, -0.05) is 11.6 Å². The lowest BCUT2D eigenvalue weighted by Gasteiger charge is -2.13. The Bertz CT molecular complexity index is 433. The first-order valence-electron chi connectivity index (χ1n) is 6.26. The molecule has 0 fully saturated rings. The molecule has 5 heteroatoms. The Kier molecular flexibility index (Phi) is 6.12. The van der Waals surface area contributed by atoms with Gasteiger partial charge in [-0.25, -0.2) is 0 Å². The molecule has 0 saturated heterocycles. The molecule has 0 unspecified atom stereocenters. The van der Waals surface area contributed by atoms with Gasteiger partial charge < -0.3 is 14.8 Å². The molecule has 0 radical (unpaired) electrons. The Hall–Kier alpha value is -1.26. The maximum Gasteiger partial charge on any atom is 0.250 e. The summed E-state index contributed by atoms with van der Waals surface area (Å²) in [5.74, 6) is 0.399. The molecule has 1 aromatic carbocycles. The number of nitrogens with one attached hydrogen (secondary N) is 1. The highest BCUT2D eigenvalue weighted by molar-refractivity contribution is 6.32. The maximum atomic E-state index is 11.6. The molecule has 0 heterocycles. The summed E-state index contributed by atoms with van der Waals surface area (Å²) in [5.41, 5.74) is 0.624. The van der Waals surface area contributed by atoms with E-state index in [9.17, 15) is 4.79 Å². The largest absolute Gasteiger partial charge is 0.489 e. The molecule has 0 aromatic heterocycles. The summed E-state index contributed by atoms with van der Waals surface area (Å²) in [6, 6.07) is 5.14. The van der Waals surface area contributed by atoms with Crippen molar-refractivity contribution in [1.29, 1.82) is 0 Å². The van der Waals surface area contributed by atoms with Crippen molar-refractivity contribution in [1.82, 2.24) is 0 Å². The molecule has 1 aromatic rings. The predicted molar refractivity (Wildman–Crippen MR) is 76.9 cm³/mol. The highest BCUT2D eigenvalue weighted by atomic mass is 35.5. The van der Waals surface area contributed by atoms with Crippen LogP contribution in [0.1, 0.15) is 27.7 Å². The van der Waals surface area contributed by atoms with E-state index < -0.39 is 0 Å². The third-order valence-corrected chi connectivity index (χ3v) is 2.42. The zero-order chi connectivity index (χ0) is 14.4. The lowest BCUT2D eigenvalue weighted by Crippen LogP contribution is -2.20. The van der Waals surface area contributed by atoms with Crippen LogP contribution in [0.2, 0.25) is 5.02 Å². The summed E-state index contributed by atoms with van der Waals surface area (Å²) in [6.07, 6.45) is 0.0774. The van der Waals surface area contributed by atoms with Crippen molar-refractivity contribution in [3.63, 3.8) is 0 Å². The zero-order valence-corrected chi connectivity index (χ0v) is 12.5. The lowest BCUT2D eigenvalue weighted by atomic mass is 10.3. The van der Waals surface area contributed by atoms with E-state index in [1.165, 1.54) is 0 Å². The molecule has 19 heavy (non-hydrogen) atoms. The smallest absolute Gasteiger partial charge is 0.250 e. The molecular formula is C14H20ClNO3. The average molecular weight is 286 g/mol. The summed E-state index contributed by atoms with van der Waals surface area (Å²) < 4.78 is 10.7. The van der Waals surface area contributed by atoms with Crippen molar-refractivity contribution in [2.75, 3.05) is 11.9 Å². The van der Waals surface area contributed by atoms with Crippen molar-refractivity contribution in [2.24, 2.45) is 0 Å². The van der Waals surface area contributed by atoms with Crippen molar-refractivity contribution in [3.8, 4) is 5.75 Å². The number of hydrogen-bond acceptors (Lipinski definition) is 3. The molecule has 1 amide bonds. The molecule has 0 spiro atoms. The quantitative estimate of drug-likeness (QED) is 0.870. The van der Waals surface area contributed by atoms with Crippen LogP contribution in [0.15, 0.2) is 18.2 Å². The van der Waals surface area contributed by atoms with Gasteiger partial charge in [-0.3, -0.25) is 4.79 Å². The van der Waals surface area contributed by atoms with E-state index in [-0.39, 0.29) is 24.7 Å². The Labute approximate surface area is 119 Å². The van der Waals surface area contributed by atoms with Crippen molar-refractivity contribution < 1.29 is 14.3 Å². The molecule has 106 valence electrons. The van der Waals surface area contributed by atoms with E-state index in [0.29, 0.717) is 16.5 Å². The number of amides is 1. The average Bonchev–Trinajstić information content (AvgIpc) is 2.29. The number of ether oxygens (including phenoxy) is 2. The van der Waals surface area contributed by atoms with E-state index in [1.807, 2.05) is 27.7 Å². The Morgan fingerprint density at radius 3 is 2.47 bits per heavy atom. The molecule has 0 aliphatic carbocycles. The fraction of sp³-hybridized carbons (Fsp3) is 0.500. The fourth-order valence-corrected chi connectivity index (χ4v) is 1.59. The van der Waals surface area contributed by atoms with E-state index in [4.69, 9.17) is 21.1 Å². The third kappa shape index (κ3) is 5.94. The monoisotopic (exact) mass is 285 g/mol. The third-order valence-electron chi connectivity index (χ3n) is 2.13. The first-order valence-corrected chi connectivity index (χ1v) is 6.64. The van der Waals surface area contributed by atoms with E-state index >= 15 is 0 Å². The summed E-state index contributed by atoms with van der Waals surface area (Å²) >= 11 is 6.08. The van der Waals surface area contributed by atoms with Gasteiger partial charge in [-0.2, -0.15) is 0 Å². The summed E-state index contributed by atoms with van der Waals surface area (Å²) in [7, 11) is 0. The normalized spacial score (nSPS) is 10.9. The van der Waals surface area contributed by atoms with Gasteiger partial charge in [0, 0.05) is 5.69 Å². The van der Waals surface area contributed by atoms with E-state index in [2.05, 4.69) is 5.32 Å². The van der Waals surface area contributed by atoms with Gasteiger partial charge in [0.15, 0.2) is 0 Å². The molecule has 4 nitrogen and oxygen atoms in total. The SMILES string of the molecule is CC(C)OCC(=O)Nc1ccc(OC(C)C)c(Cl)c1. The van der Waals surface area contributed by atoms with Gasteiger partial charge in [-0.15, -0.1) is 0 Å². The van der Waals surface area contributed by atoms with Gasteiger partial charge in [0.2, 0.25) is 5.91 Å². The van der Waals surface area contributed by atoms with Crippen LogP contribution in [-0.4, -0.2) is 24.7 Å². The highest BCUT2D eigenvalue weighted by Gasteiger charge is 2.08. The molecule has 0 aliphatic heterocycles. The van der Waals surface area contributed by atoms with Gasteiger partial charge in [0.05, 0.1) is 17.2 Å². The Morgan fingerprint density at radius 2 is 1.95 bits per heavy atom. The molecule has 0 bridgehead atoms. The van der Waals surface area contributed by atoms with Crippen LogP contribution in [0.3, 0.4) is 0 Å². The topological polar surface area (TPSA) is 47.6 Å². The van der Waals surface area contributed by atoms with Gasteiger partial charge in [-0.05, 0) is 45.9 Å². The summed E-state index contributed by atoms with van der Waals surface area (Å²) in [6.45, 7) is 7.63. The van der Waals surface area contributed by atoms with Crippen molar-refractivity contribution >= 4 is 23.2 Å². The van der Waals surface area contributed by atoms with Crippen LogP contribution in [0.5, 0.6) is 5.75 Å². The summed E-state index contributed by atoms with van der Waals surface area (Å²) in [4.78, 5) is 11.6. The van der Waals surface area contributed by atoms with Crippen LogP contribution in [0.4, 0.5) is 5.69 Å². The van der Waals surface area contributed by atoms with Crippen LogP contribution in [0.25, 0.3) is 0 Å². The van der Waals surface area contributed by atoms with Gasteiger partial charge in [0.25, 0.3) is 0 Å². The second kappa shape index (κ2) is 7.36. The summed E-state index contributed by atoms with van der Waals surface area (Å²) in [5, 5.41) is 3.18. The molecule has 1 rings (SSSR count). The Morgan fingerprint density at radius 1 is 1.26 bits per heavy atom. The molecule has 0 atom stereocenters.